The minimum atomic E-state index is 0.296. The molecule has 6 heteroatoms. The first-order valence-electron chi connectivity index (χ1n) is 5.10. The zero-order valence-electron chi connectivity index (χ0n) is 9.31. The Morgan fingerprint density at radius 2 is 2.24 bits per heavy atom. The lowest BCUT2D eigenvalue weighted by molar-refractivity contribution is 0.268. The topological polar surface area (TPSA) is 74.2 Å². The van der Waals surface area contributed by atoms with Crippen molar-refractivity contribution in [3.8, 4) is 5.75 Å². The first kappa shape index (κ1) is 11.9. The van der Waals surface area contributed by atoms with Crippen molar-refractivity contribution in [1.29, 1.82) is 0 Å². The Morgan fingerprint density at radius 1 is 1.41 bits per heavy atom. The van der Waals surface area contributed by atoms with Crippen LogP contribution < -0.4 is 10.5 Å². The molecule has 0 aliphatic heterocycles. The molecule has 0 unspecified atom stereocenters. The summed E-state index contributed by atoms with van der Waals surface area (Å²) < 4.78 is 10.2. The molecule has 17 heavy (non-hydrogen) atoms. The van der Waals surface area contributed by atoms with Crippen LogP contribution in [0.5, 0.6) is 5.75 Å². The summed E-state index contributed by atoms with van der Waals surface area (Å²) in [6.45, 7) is 2.47. The van der Waals surface area contributed by atoms with E-state index >= 15 is 0 Å². The van der Waals surface area contributed by atoms with Crippen LogP contribution in [0.25, 0.3) is 0 Å². The highest BCUT2D eigenvalue weighted by molar-refractivity contribution is 6.30. The van der Waals surface area contributed by atoms with Gasteiger partial charge < -0.3 is 10.5 Å². The number of aryl methyl sites for hydroxylation is 1. The Labute approximate surface area is 103 Å². The van der Waals surface area contributed by atoms with E-state index in [0.717, 1.165) is 5.56 Å². The molecule has 90 valence electrons. The summed E-state index contributed by atoms with van der Waals surface area (Å²) in [5, 5.41) is 8.05. The average molecular weight is 254 g/mol. The Balaban J connectivity index is 2.11. The molecule has 1 aromatic carbocycles. The van der Waals surface area contributed by atoms with Crippen molar-refractivity contribution in [2.45, 2.75) is 20.1 Å². The molecule has 1 heterocycles. The van der Waals surface area contributed by atoms with Crippen LogP contribution in [0.1, 0.15) is 17.0 Å². The van der Waals surface area contributed by atoms with Crippen molar-refractivity contribution in [1.82, 2.24) is 10.3 Å². The van der Waals surface area contributed by atoms with E-state index in [1.807, 2.05) is 0 Å². The van der Waals surface area contributed by atoms with Gasteiger partial charge in [-0.25, -0.2) is 4.63 Å². The van der Waals surface area contributed by atoms with Crippen LogP contribution in [0.3, 0.4) is 0 Å². The molecule has 0 aliphatic rings. The van der Waals surface area contributed by atoms with Crippen molar-refractivity contribution in [2.75, 3.05) is 0 Å². The molecular weight excluding hydrogens is 242 g/mol. The second kappa shape index (κ2) is 5.16. The molecule has 2 rings (SSSR count). The van der Waals surface area contributed by atoms with E-state index in [-0.39, 0.29) is 0 Å². The number of hydrogen-bond acceptors (Lipinski definition) is 5. The van der Waals surface area contributed by atoms with Gasteiger partial charge in [0.1, 0.15) is 23.7 Å². The second-order valence-electron chi connectivity index (χ2n) is 3.54. The molecule has 0 saturated heterocycles. The van der Waals surface area contributed by atoms with Crippen molar-refractivity contribution in [3.63, 3.8) is 0 Å². The molecule has 0 radical (unpaired) electrons. The lowest BCUT2D eigenvalue weighted by Gasteiger charge is -2.09. The number of rotatable bonds is 4. The van der Waals surface area contributed by atoms with E-state index in [2.05, 4.69) is 14.9 Å². The van der Waals surface area contributed by atoms with Crippen molar-refractivity contribution < 1.29 is 9.37 Å². The van der Waals surface area contributed by atoms with Gasteiger partial charge in [0.25, 0.3) is 0 Å². The van der Waals surface area contributed by atoms with Gasteiger partial charge >= 0.3 is 0 Å². The molecule has 2 N–H and O–H groups in total. The SMILES string of the molecule is Cc1nonc1COc1ccc(Cl)cc1CN. The van der Waals surface area contributed by atoms with Crippen LogP contribution in [-0.4, -0.2) is 10.3 Å². The summed E-state index contributed by atoms with van der Waals surface area (Å²) in [5.74, 6) is 0.694. The molecule has 2 aromatic rings. The third-order valence-corrected chi connectivity index (χ3v) is 2.59. The lowest BCUT2D eigenvalue weighted by atomic mass is 10.2. The van der Waals surface area contributed by atoms with Crippen molar-refractivity contribution in [2.24, 2.45) is 5.73 Å². The van der Waals surface area contributed by atoms with Gasteiger partial charge in [-0.05, 0) is 25.1 Å². The number of ether oxygens (including phenoxy) is 1. The van der Waals surface area contributed by atoms with Gasteiger partial charge in [-0.15, -0.1) is 0 Å². The van der Waals surface area contributed by atoms with E-state index < -0.39 is 0 Å². The molecule has 0 fully saturated rings. The Hall–Kier alpha value is -1.59. The smallest absolute Gasteiger partial charge is 0.145 e. The molecule has 0 bridgehead atoms. The Morgan fingerprint density at radius 3 is 2.88 bits per heavy atom. The van der Waals surface area contributed by atoms with Crippen molar-refractivity contribution >= 4 is 11.6 Å². The third-order valence-electron chi connectivity index (χ3n) is 2.35. The molecular formula is C11H12ClN3O2. The van der Waals surface area contributed by atoms with Gasteiger partial charge in [-0.2, -0.15) is 0 Å². The summed E-state index contributed by atoms with van der Waals surface area (Å²) in [6, 6.07) is 5.32. The van der Waals surface area contributed by atoms with Gasteiger partial charge in [-0.1, -0.05) is 21.9 Å². The minimum absolute atomic E-state index is 0.296. The standard InChI is InChI=1S/C11H12ClN3O2/c1-7-10(15-17-14-7)6-16-11-3-2-9(12)4-8(11)5-13/h2-4H,5-6,13H2,1H3. The molecule has 0 atom stereocenters. The van der Waals surface area contributed by atoms with Gasteiger partial charge in [0, 0.05) is 17.1 Å². The maximum absolute atomic E-state index is 5.87. The predicted octanol–water partition coefficient (Wildman–Crippen LogP) is 2.07. The van der Waals surface area contributed by atoms with Crippen molar-refractivity contribution in [3.05, 3.63) is 40.2 Å². The monoisotopic (exact) mass is 253 g/mol. The number of halogens is 1. The molecule has 5 nitrogen and oxygen atoms in total. The van der Waals surface area contributed by atoms with Crippen LogP contribution in [-0.2, 0) is 13.2 Å². The normalized spacial score (nSPS) is 10.5. The quantitative estimate of drug-likeness (QED) is 0.903. The number of nitrogens with two attached hydrogens (primary N) is 1. The first-order valence-corrected chi connectivity index (χ1v) is 5.48. The summed E-state index contributed by atoms with van der Waals surface area (Å²) in [7, 11) is 0. The van der Waals surface area contributed by atoms with E-state index in [1.54, 1.807) is 25.1 Å². The predicted molar refractivity (Wildman–Crippen MR) is 62.7 cm³/mol. The summed E-state index contributed by atoms with van der Waals surface area (Å²) in [5.41, 5.74) is 7.85. The Bertz CT molecular complexity index is 513. The minimum Gasteiger partial charge on any atom is -0.487 e. The van der Waals surface area contributed by atoms with Crippen LogP contribution in [0, 0.1) is 6.92 Å². The summed E-state index contributed by atoms with van der Waals surface area (Å²) in [6.07, 6.45) is 0. The highest BCUT2D eigenvalue weighted by Gasteiger charge is 2.08. The van der Waals surface area contributed by atoms with E-state index in [4.69, 9.17) is 22.1 Å². The molecule has 0 amide bonds. The van der Waals surface area contributed by atoms with E-state index in [0.29, 0.717) is 35.3 Å². The largest absolute Gasteiger partial charge is 0.487 e. The molecule has 0 saturated carbocycles. The fourth-order valence-electron chi connectivity index (χ4n) is 1.37. The van der Waals surface area contributed by atoms with E-state index in [9.17, 15) is 0 Å². The number of benzene rings is 1. The maximum Gasteiger partial charge on any atom is 0.145 e. The van der Waals surface area contributed by atoms with Gasteiger partial charge in [0.2, 0.25) is 0 Å². The van der Waals surface area contributed by atoms with Gasteiger partial charge in [0.15, 0.2) is 0 Å². The van der Waals surface area contributed by atoms with Crippen LogP contribution in [0.2, 0.25) is 5.02 Å². The highest BCUT2D eigenvalue weighted by atomic mass is 35.5. The number of aromatic nitrogens is 2. The summed E-state index contributed by atoms with van der Waals surface area (Å²) in [4.78, 5) is 0. The highest BCUT2D eigenvalue weighted by Crippen LogP contribution is 2.23. The fourth-order valence-corrected chi connectivity index (χ4v) is 1.57. The van der Waals surface area contributed by atoms with Crippen LogP contribution in [0.4, 0.5) is 0 Å². The number of hydrogen-bond donors (Lipinski definition) is 1. The summed E-state index contributed by atoms with van der Waals surface area (Å²) >= 11 is 5.87. The average Bonchev–Trinajstić information content (AvgIpc) is 2.73. The van der Waals surface area contributed by atoms with Crippen LogP contribution in [0.15, 0.2) is 22.8 Å². The lowest BCUT2D eigenvalue weighted by Crippen LogP contribution is -2.03. The Kier molecular flexibility index (Phi) is 3.61. The van der Waals surface area contributed by atoms with Gasteiger partial charge in [0.05, 0.1) is 0 Å². The first-order chi connectivity index (χ1) is 8.20. The van der Waals surface area contributed by atoms with Gasteiger partial charge in [-0.3, -0.25) is 0 Å². The fraction of sp³-hybridized carbons (Fsp3) is 0.273. The number of nitrogens with zero attached hydrogens (tertiary/aromatic N) is 2. The molecule has 0 spiro atoms. The third kappa shape index (κ3) is 2.75. The molecule has 0 aliphatic carbocycles. The zero-order chi connectivity index (χ0) is 12.3. The van der Waals surface area contributed by atoms with E-state index in [1.165, 1.54) is 0 Å². The maximum atomic E-state index is 5.87. The second-order valence-corrected chi connectivity index (χ2v) is 3.98. The molecule has 1 aromatic heterocycles. The van der Waals surface area contributed by atoms with Crippen LogP contribution >= 0.6 is 11.6 Å². The zero-order valence-corrected chi connectivity index (χ0v) is 10.1.